The molecule has 0 bridgehead atoms. The van der Waals surface area contributed by atoms with E-state index in [9.17, 15) is 9.59 Å². The Hall–Kier alpha value is -1.10. The minimum Gasteiger partial charge on any atom is -0.481 e. The molecule has 1 atom stereocenters. The highest BCUT2D eigenvalue weighted by Crippen LogP contribution is 2.17. The Morgan fingerprint density at radius 2 is 1.45 bits per heavy atom. The molecule has 0 rings (SSSR count). The summed E-state index contributed by atoms with van der Waals surface area (Å²) >= 11 is 0. The van der Waals surface area contributed by atoms with E-state index in [1.54, 1.807) is 0 Å². The molecule has 0 spiro atoms. The van der Waals surface area contributed by atoms with Crippen molar-refractivity contribution in [1.82, 2.24) is 4.90 Å². The van der Waals surface area contributed by atoms with Crippen molar-refractivity contribution in [1.29, 1.82) is 0 Å². The summed E-state index contributed by atoms with van der Waals surface area (Å²) in [6.45, 7) is 2.05. The van der Waals surface area contributed by atoms with Gasteiger partial charge in [-0.3, -0.25) is 9.59 Å². The maximum absolute atomic E-state index is 10.9. The van der Waals surface area contributed by atoms with Gasteiger partial charge in [-0.15, -0.1) is 0 Å². The summed E-state index contributed by atoms with van der Waals surface area (Å²) in [6, 6.07) is 0. The quantitative estimate of drug-likeness (QED) is 0.604. The average molecular weight is 289 g/mol. The number of hydrogen-bond acceptors (Lipinski definition) is 3. The number of rotatable bonds is 10. The predicted octanol–water partition coefficient (Wildman–Crippen LogP) is 3.09. The molecular weight excluding hydrogens is 258 g/mol. The second kappa shape index (κ2) is 14.3. The van der Waals surface area contributed by atoms with Crippen molar-refractivity contribution in [2.24, 2.45) is 5.92 Å². The molecule has 0 aromatic heterocycles. The summed E-state index contributed by atoms with van der Waals surface area (Å²) in [4.78, 5) is 23.1. The van der Waals surface area contributed by atoms with Gasteiger partial charge < -0.3 is 15.1 Å². The summed E-state index contributed by atoms with van der Waals surface area (Å²) in [6.07, 6.45) is 5.84. The Morgan fingerprint density at radius 1 is 0.950 bits per heavy atom. The molecule has 1 unspecified atom stereocenters. The maximum atomic E-state index is 10.9. The van der Waals surface area contributed by atoms with Gasteiger partial charge in [0.05, 0.1) is 5.92 Å². The van der Waals surface area contributed by atoms with Crippen molar-refractivity contribution in [3.05, 3.63) is 0 Å². The first-order valence-electron chi connectivity index (χ1n) is 7.36. The highest BCUT2D eigenvalue weighted by Gasteiger charge is 2.15. The van der Waals surface area contributed by atoms with Crippen molar-refractivity contribution in [2.45, 2.75) is 58.3 Å². The highest BCUT2D eigenvalue weighted by molar-refractivity contribution is 5.69. The minimum absolute atomic E-state index is 0.187. The Labute approximate surface area is 123 Å². The van der Waals surface area contributed by atoms with E-state index in [1.165, 1.54) is 0 Å². The van der Waals surface area contributed by atoms with Crippen LogP contribution in [0.3, 0.4) is 0 Å². The number of aliphatic carboxylic acids is 2. The van der Waals surface area contributed by atoms with E-state index in [0.29, 0.717) is 12.8 Å². The largest absolute Gasteiger partial charge is 0.481 e. The van der Waals surface area contributed by atoms with Crippen LogP contribution in [0.1, 0.15) is 58.3 Å². The molecular formula is C15H31NO4. The van der Waals surface area contributed by atoms with Gasteiger partial charge in [-0.05, 0) is 40.4 Å². The third-order valence-electron chi connectivity index (χ3n) is 2.70. The van der Waals surface area contributed by atoms with Crippen LogP contribution in [0.2, 0.25) is 0 Å². The van der Waals surface area contributed by atoms with Crippen LogP contribution in [-0.2, 0) is 9.59 Å². The standard InChI is InChI=1S/C12H22O4.C3H9N/c1-2-3-7-10(12(15)16)8-5-4-6-9-11(13)14;1-4(2)3/h10H,2-9H2,1H3,(H,13,14)(H,15,16);1-3H3. The van der Waals surface area contributed by atoms with E-state index in [0.717, 1.165) is 32.1 Å². The fourth-order valence-electron chi connectivity index (χ4n) is 1.69. The summed E-state index contributed by atoms with van der Waals surface area (Å²) in [7, 11) is 6.00. The number of nitrogens with zero attached hydrogens (tertiary/aromatic N) is 1. The molecule has 0 aliphatic rings. The minimum atomic E-state index is -0.777. The molecule has 0 aliphatic carbocycles. The number of unbranched alkanes of at least 4 members (excludes halogenated alkanes) is 3. The van der Waals surface area contributed by atoms with Crippen molar-refractivity contribution in [2.75, 3.05) is 21.1 Å². The van der Waals surface area contributed by atoms with Gasteiger partial charge in [0.15, 0.2) is 0 Å². The first-order valence-corrected chi connectivity index (χ1v) is 7.36. The number of carboxylic acids is 2. The monoisotopic (exact) mass is 289 g/mol. The zero-order valence-electron chi connectivity index (χ0n) is 13.4. The van der Waals surface area contributed by atoms with Gasteiger partial charge in [-0.25, -0.2) is 0 Å². The number of carboxylic acid groups (broad SMARTS) is 2. The normalized spacial score (nSPS) is 11.7. The molecule has 5 heteroatoms. The molecule has 0 saturated carbocycles. The SMILES string of the molecule is CCCCC(CCCCCC(=O)O)C(=O)O.CN(C)C. The van der Waals surface area contributed by atoms with Gasteiger partial charge in [-0.1, -0.05) is 32.6 Å². The zero-order chi connectivity index (χ0) is 16.0. The third kappa shape index (κ3) is 19.2. The van der Waals surface area contributed by atoms with Gasteiger partial charge in [0.25, 0.3) is 0 Å². The Bertz CT molecular complexity index is 252. The molecule has 0 aromatic rings. The lowest BCUT2D eigenvalue weighted by molar-refractivity contribution is -0.142. The summed E-state index contributed by atoms with van der Waals surface area (Å²) in [5.74, 6) is -1.74. The van der Waals surface area contributed by atoms with Gasteiger partial charge in [-0.2, -0.15) is 0 Å². The van der Waals surface area contributed by atoms with Gasteiger partial charge in [0.1, 0.15) is 0 Å². The Balaban J connectivity index is 0. The predicted molar refractivity (Wildman–Crippen MR) is 81.0 cm³/mol. The fourth-order valence-corrected chi connectivity index (χ4v) is 1.69. The molecule has 2 N–H and O–H groups in total. The summed E-state index contributed by atoms with van der Waals surface area (Å²) in [5, 5.41) is 17.4. The summed E-state index contributed by atoms with van der Waals surface area (Å²) < 4.78 is 0. The third-order valence-corrected chi connectivity index (χ3v) is 2.70. The van der Waals surface area contributed by atoms with Crippen LogP contribution in [0.25, 0.3) is 0 Å². The van der Waals surface area contributed by atoms with Crippen LogP contribution < -0.4 is 0 Å². The number of carbonyl (C=O) groups is 2. The zero-order valence-corrected chi connectivity index (χ0v) is 13.4. The molecule has 0 heterocycles. The van der Waals surface area contributed by atoms with Crippen LogP contribution in [-0.4, -0.2) is 48.2 Å². The lowest BCUT2D eigenvalue weighted by Gasteiger charge is -2.10. The van der Waals surface area contributed by atoms with Gasteiger partial charge in [0.2, 0.25) is 0 Å². The maximum Gasteiger partial charge on any atom is 0.306 e. The van der Waals surface area contributed by atoms with E-state index >= 15 is 0 Å². The molecule has 0 fully saturated rings. The van der Waals surface area contributed by atoms with Crippen LogP contribution in [0.4, 0.5) is 0 Å². The second-order valence-electron chi connectivity index (χ2n) is 5.51. The van der Waals surface area contributed by atoms with Gasteiger partial charge in [0, 0.05) is 6.42 Å². The molecule has 0 radical (unpaired) electrons. The van der Waals surface area contributed by atoms with Crippen molar-refractivity contribution >= 4 is 11.9 Å². The Morgan fingerprint density at radius 3 is 1.85 bits per heavy atom. The number of hydrogen-bond donors (Lipinski definition) is 2. The molecule has 5 nitrogen and oxygen atoms in total. The van der Waals surface area contributed by atoms with E-state index in [1.807, 2.05) is 33.0 Å². The lowest BCUT2D eigenvalue weighted by atomic mass is 9.95. The fraction of sp³-hybridized carbons (Fsp3) is 0.867. The molecule has 0 aliphatic heterocycles. The van der Waals surface area contributed by atoms with Crippen LogP contribution in [0.5, 0.6) is 0 Å². The molecule has 120 valence electrons. The van der Waals surface area contributed by atoms with E-state index in [-0.39, 0.29) is 12.3 Å². The molecule has 0 aromatic carbocycles. The Kier molecular flexibility index (Phi) is 15.2. The topological polar surface area (TPSA) is 77.8 Å². The first kappa shape index (κ1) is 21.2. The smallest absolute Gasteiger partial charge is 0.306 e. The van der Waals surface area contributed by atoms with E-state index in [2.05, 4.69) is 0 Å². The van der Waals surface area contributed by atoms with Crippen LogP contribution in [0.15, 0.2) is 0 Å². The van der Waals surface area contributed by atoms with Gasteiger partial charge >= 0.3 is 11.9 Å². The molecule has 20 heavy (non-hydrogen) atoms. The van der Waals surface area contributed by atoms with Crippen LogP contribution in [0, 0.1) is 5.92 Å². The second-order valence-corrected chi connectivity index (χ2v) is 5.51. The van der Waals surface area contributed by atoms with Crippen molar-refractivity contribution < 1.29 is 19.8 Å². The molecule has 0 saturated heterocycles. The molecule has 0 amide bonds. The van der Waals surface area contributed by atoms with E-state index in [4.69, 9.17) is 10.2 Å². The van der Waals surface area contributed by atoms with Crippen molar-refractivity contribution in [3.8, 4) is 0 Å². The lowest BCUT2D eigenvalue weighted by Crippen LogP contribution is -2.13. The first-order chi connectivity index (χ1) is 9.31. The summed E-state index contributed by atoms with van der Waals surface area (Å²) in [5.41, 5.74) is 0. The van der Waals surface area contributed by atoms with Crippen LogP contribution >= 0.6 is 0 Å². The highest BCUT2D eigenvalue weighted by atomic mass is 16.4. The average Bonchev–Trinajstić information content (AvgIpc) is 2.31. The van der Waals surface area contributed by atoms with E-state index < -0.39 is 11.9 Å². The van der Waals surface area contributed by atoms with Crippen molar-refractivity contribution in [3.63, 3.8) is 0 Å².